The third kappa shape index (κ3) is 5.03. The minimum Gasteiger partial charge on any atom is -1.00 e. The molecule has 1 aliphatic heterocycles. The third-order valence-electron chi connectivity index (χ3n) is 3.47. The minimum atomic E-state index is -0.327. The van der Waals surface area contributed by atoms with Crippen LogP contribution >= 0.6 is 0 Å². The highest BCUT2D eigenvalue weighted by molar-refractivity contribution is 5.69. The smallest absolute Gasteiger partial charge is 0.292 e. The van der Waals surface area contributed by atoms with Crippen LogP contribution in [0.25, 0.3) is 0 Å². The van der Waals surface area contributed by atoms with Crippen molar-refractivity contribution in [3.8, 4) is 0 Å². The highest BCUT2D eigenvalue weighted by Crippen LogP contribution is 2.30. The Bertz CT molecular complexity index is 511. The topological polar surface area (TPSA) is 70.4 Å². The molecule has 1 fully saturated rings. The van der Waals surface area contributed by atoms with E-state index in [2.05, 4.69) is 36.3 Å². The van der Waals surface area contributed by atoms with Crippen LogP contribution in [0.15, 0.2) is 18.2 Å². The van der Waals surface area contributed by atoms with Crippen molar-refractivity contribution in [1.82, 2.24) is 5.32 Å². The maximum absolute atomic E-state index is 11.2. The van der Waals surface area contributed by atoms with Gasteiger partial charge in [0.15, 0.2) is 0 Å². The van der Waals surface area contributed by atoms with Gasteiger partial charge in [0.05, 0.1) is 4.92 Å². The number of nitro benzene ring substituents is 1. The number of nitro groups is 1. The molecule has 0 aromatic heterocycles. The number of rotatable bonds is 4. The van der Waals surface area contributed by atoms with Gasteiger partial charge in [-0.3, -0.25) is 10.1 Å². The Balaban J connectivity index is 0.00000242. The van der Waals surface area contributed by atoms with Gasteiger partial charge in [0, 0.05) is 44.5 Å². The highest BCUT2D eigenvalue weighted by atomic mass is 35.5. The van der Waals surface area contributed by atoms with Crippen molar-refractivity contribution in [3.63, 3.8) is 0 Å². The molecule has 6 nitrogen and oxygen atoms in total. The van der Waals surface area contributed by atoms with Crippen molar-refractivity contribution >= 4 is 17.1 Å². The summed E-state index contributed by atoms with van der Waals surface area (Å²) in [5, 5.41) is 17.7. The van der Waals surface area contributed by atoms with Crippen LogP contribution < -0.4 is 27.9 Å². The lowest BCUT2D eigenvalue weighted by Gasteiger charge is -2.30. The normalized spacial score (nSPS) is 15.1. The molecule has 2 N–H and O–H groups in total. The summed E-state index contributed by atoms with van der Waals surface area (Å²) >= 11 is 0. The number of hydrogen-bond acceptors (Lipinski definition) is 5. The number of anilines is 2. The van der Waals surface area contributed by atoms with Gasteiger partial charge in [-0.2, -0.15) is 0 Å². The lowest BCUT2D eigenvalue weighted by molar-refractivity contribution is -0.384. The van der Waals surface area contributed by atoms with Gasteiger partial charge in [0.1, 0.15) is 5.69 Å². The van der Waals surface area contributed by atoms with E-state index in [0.717, 1.165) is 31.9 Å². The van der Waals surface area contributed by atoms with E-state index < -0.39 is 0 Å². The average Bonchev–Trinajstić information content (AvgIpc) is 2.45. The number of nitrogens with one attached hydrogen (secondary N) is 2. The van der Waals surface area contributed by atoms with E-state index in [9.17, 15) is 10.1 Å². The lowest BCUT2D eigenvalue weighted by Crippen LogP contribution is -3.00. The highest BCUT2D eigenvalue weighted by Gasteiger charge is 2.19. The zero-order valence-corrected chi connectivity index (χ0v) is 14.1. The molecular formula is C15H24ClN4O2-. The molecule has 0 unspecified atom stereocenters. The Kier molecular flexibility index (Phi) is 6.44. The molecule has 124 valence electrons. The molecule has 1 heterocycles. The Morgan fingerprint density at radius 1 is 1.32 bits per heavy atom. The fourth-order valence-corrected chi connectivity index (χ4v) is 2.30. The Labute approximate surface area is 137 Å². The predicted molar refractivity (Wildman–Crippen MR) is 86.1 cm³/mol. The molecule has 0 atom stereocenters. The molecule has 1 saturated heterocycles. The summed E-state index contributed by atoms with van der Waals surface area (Å²) in [7, 11) is 0. The van der Waals surface area contributed by atoms with Crippen molar-refractivity contribution < 1.29 is 17.3 Å². The summed E-state index contributed by atoms with van der Waals surface area (Å²) in [6.07, 6.45) is 0. The lowest BCUT2D eigenvalue weighted by atomic mass is 9.97. The summed E-state index contributed by atoms with van der Waals surface area (Å²) < 4.78 is 0. The molecule has 7 heteroatoms. The molecule has 1 aromatic rings. The van der Waals surface area contributed by atoms with Gasteiger partial charge >= 0.3 is 0 Å². The summed E-state index contributed by atoms with van der Waals surface area (Å²) in [5.74, 6) is 0. The fourth-order valence-electron chi connectivity index (χ4n) is 2.30. The van der Waals surface area contributed by atoms with Crippen LogP contribution in [0.2, 0.25) is 0 Å². The van der Waals surface area contributed by atoms with Crippen LogP contribution in [0.4, 0.5) is 17.1 Å². The molecule has 0 spiro atoms. The quantitative estimate of drug-likeness (QED) is 0.574. The van der Waals surface area contributed by atoms with Gasteiger partial charge in [-0.15, -0.1) is 0 Å². The largest absolute Gasteiger partial charge is 1.00 e. The number of halogens is 1. The SMILES string of the molecule is CC(C)(C)CNc1cc(N2CCNCC2)ccc1[N+](=O)[O-].[Cl-]. The first-order chi connectivity index (χ1) is 9.87. The van der Waals surface area contributed by atoms with E-state index in [1.807, 2.05) is 12.1 Å². The maximum Gasteiger partial charge on any atom is 0.292 e. The van der Waals surface area contributed by atoms with Crippen molar-refractivity contribution in [1.29, 1.82) is 0 Å². The molecule has 0 bridgehead atoms. The first-order valence-corrected chi connectivity index (χ1v) is 7.35. The number of benzene rings is 1. The monoisotopic (exact) mass is 327 g/mol. The molecule has 2 rings (SSSR count). The van der Waals surface area contributed by atoms with E-state index in [-0.39, 0.29) is 28.4 Å². The van der Waals surface area contributed by atoms with Crippen LogP contribution in [0, 0.1) is 15.5 Å². The van der Waals surface area contributed by atoms with E-state index in [4.69, 9.17) is 0 Å². The van der Waals surface area contributed by atoms with Crippen LogP contribution in [0.1, 0.15) is 20.8 Å². The maximum atomic E-state index is 11.2. The molecule has 0 saturated carbocycles. The molecule has 1 aliphatic rings. The predicted octanol–water partition coefficient (Wildman–Crippen LogP) is -0.534. The van der Waals surface area contributed by atoms with Gasteiger partial charge < -0.3 is 27.9 Å². The van der Waals surface area contributed by atoms with Gasteiger partial charge in [-0.1, -0.05) is 20.8 Å². The third-order valence-corrected chi connectivity index (χ3v) is 3.47. The molecule has 0 radical (unpaired) electrons. The van der Waals surface area contributed by atoms with Gasteiger partial charge in [0.25, 0.3) is 5.69 Å². The molecule has 1 aromatic carbocycles. The molecule has 22 heavy (non-hydrogen) atoms. The van der Waals surface area contributed by atoms with Crippen molar-refractivity contribution in [2.24, 2.45) is 5.41 Å². The first kappa shape index (κ1) is 18.5. The van der Waals surface area contributed by atoms with Crippen molar-refractivity contribution in [2.45, 2.75) is 20.8 Å². The summed E-state index contributed by atoms with van der Waals surface area (Å²) in [4.78, 5) is 13.1. The summed E-state index contributed by atoms with van der Waals surface area (Å²) in [6.45, 7) is 10.7. The second-order valence-corrected chi connectivity index (χ2v) is 6.61. The van der Waals surface area contributed by atoms with E-state index in [1.54, 1.807) is 6.07 Å². The van der Waals surface area contributed by atoms with Crippen molar-refractivity contribution in [2.75, 3.05) is 42.9 Å². The van der Waals surface area contributed by atoms with E-state index >= 15 is 0 Å². The summed E-state index contributed by atoms with van der Waals surface area (Å²) in [6, 6.07) is 5.34. The van der Waals surface area contributed by atoms with Crippen LogP contribution in [0.5, 0.6) is 0 Å². The number of hydrogen-bond donors (Lipinski definition) is 2. The summed E-state index contributed by atoms with van der Waals surface area (Å²) in [5.41, 5.74) is 1.85. The number of piperazine rings is 1. The van der Waals surface area contributed by atoms with Crippen LogP contribution in [-0.4, -0.2) is 37.6 Å². The fraction of sp³-hybridized carbons (Fsp3) is 0.600. The van der Waals surface area contributed by atoms with Gasteiger partial charge in [0.2, 0.25) is 0 Å². The zero-order chi connectivity index (χ0) is 15.5. The second kappa shape index (κ2) is 7.65. The van der Waals surface area contributed by atoms with Crippen LogP contribution in [-0.2, 0) is 0 Å². The van der Waals surface area contributed by atoms with E-state index in [1.165, 1.54) is 0 Å². The first-order valence-electron chi connectivity index (χ1n) is 7.35. The second-order valence-electron chi connectivity index (χ2n) is 6.61. The van der Waals surface area contributed by atoms with Gasteiger partial charge in [-0.05, 0) is 17.5 Å². The standard InChI is InChI=1S/C15H24N4O2.ClH/c1-15(2,3)11-17-13-10-12(4-5-14(13)19(20)21)18-8-6-16-7-9-18;/h4-5,10,16-17H,6-9,11H2,1-3H3;1H/p-1. The number of nitrogens with zero attached hydrogens (tertiary/aromatic N) is 2. The molecule has 0 aliphatic carbocycles. The van der Waals surface area contributed by atoms with Gasteiger partial charge in [-0.25, -0.2) is 0 Å². The van der Waals surface area contributed by atoms with E-state index in [0.29, 0.717) is 12.2 Å². The molecular weight excluding hydrogens is 304 g/mol. The minimum absolute atomic E-state index is 0. The Morgan fingerprint density at radius 3 is 2.50 bits per heavy atom. The zero-order valence-electron chi connectivity index (χ0n) is 13.4. The average molecular weight is 328 g/mol. The molecule has 0 amide bonds. The van der Waals surface area contributed by atoms with Crippen LogP contribution in [0.3, 0.4) is 0 Å². The van der Waals surface area contributed by atoms with Crippen molar-refractivity contribution in [3.05, 3.63) is 28.3 Å². The Morgan fingerprint density at radius 2 is 1.95 bits per heavy atom. The Hall–Kier alpha value is -1.53.